The molecule has 1 unspecified atom stereocenters. The van der Waals surface area contributed by atoms with Crippen molar-refractivity contribution in [2.75, 3.05) is 0 Å². The van der Waals surface area contributed by atoms with E-state index in [-0.39, 0.29) is 12.8 Å². The molecule has 0 saturated heterocycles. The van der Waals surface area contributed by atoms with Gasteiger partial charge in [0.1, 0.15) is 0 Å². The molecule has 0 bridgehead atoms. The van der Waals surface area contributed by atoms with E-state index in [4.69, 9.17) is 0 Å². The van der Waals surface area contributed by atoms with Crippen molar-refractivity contribution in [1.82, 2.24) is 0 Å². The van der Waals surface area contributed by atoms with E-state index in [2.05, 4.69) is 12.7 Å². The second-order valence-corrected chi connectivity index (χ2v) is 9.26. The summed E-state index contributed by atoms with van der Waals surface area (Å²) in [7, 11) is -4.69. The Morgan fingerprint density at radius 3 is 1.42 bits per heavy atom. The molecule has 5 nitrogen and oxygen atoms in total. The van der Waals surface area contributed by atoms with Gasteiger partial charge < -0.3 is 10.3 Å². The number of unbranched alkanes of at least 4 members (excludes halogenated alkanes) is 13. The number of Topliss-reactive ketones (excluding diaryl/α,β-unsaturated/α-hetero) is 1. The summed E-state index contributed by atoms with van der Waals surface area (Å²) in [6.07, 6.45) is 17.2. The fraction of sp³-hybridized carbons (Fsp3) is 0.950. The number of hydrogen-bond acceptors (Lipinski definition) is 4. The quantitative estimate of drug-likeness (QED) is 0.277. The van der Waals surface area contributed by atoms with E-state index in [1.807, 2.05) is 0 Å². The molecule has 0 aliphatic rings. The van der Waals surface area contributed by atoms with Crippen molar-refractivity contribution in [2.24, 2.45) is 0 Å². The van der Waals surface area contributed by atoms with Crippen molar-refractivity contribution >= 4 is 15.9 Å². The van der Waals surface area contributed by atoms with Crippen LogP contribution in [0.1, 0.15) is 117 Å². The van der Waals surface area contributed by atoms with Gasteiger partial charge in [0.15, 0.2) is 10.1 Å². The summed E-state index contributed by atoms with van der Waals surface area (Å²) in [5.74, 6) is -0.533. The number of ketones is 1. The van der Waals surface area contributed by atoms with Crippen LogP contribution >= 0.6 is 0 Å². The first-order valence-electron chi connectivity index (χ1n) is 10.6. The molecule has 0 aliphatic carbocycles. The van der Waals surface area contributed by atoms with Crippen LogP contribution in [0, 0.1) is 0 Å². The molecule has 26 heavy (non-hydrogen) atoms. The summed E-state index contributed by atoms with van der Waals surface area (Å²) in [6, 6.07) is 0. The Kier molecular flexibility index (Phi) is 14.3. The minimum atomic E-state index is -4.69. The SMILES string of the molecule is CCCCCCCCCCCCCCCCC(=O)C([NH3+])(CC)S(=O)(=O)[O-]. The zero-order valence-electron chi connectivity index (χ0n) is 17.1. The van der Waals surface area contributed by atoms with Crippen LogP contribution in [0.3, 0.4) is 0 Å². The molecule has 0 amide bonds. The lowest BCUT2D eigenvalue weighted by molar-refractivity contribution is -0.426. The summed E-state index contributed by atoms with van der Waals surface area (Å²) in [5.41, 5.74) is 3.39. The maximum absolute atomic E-state index is 12.0. The van der Waals surface area contributed by atoms with E-state index in [0.717, 1.165) is 19.3 Å². The van der Waals surface area contributed by atoms with Gasteiger partial charge in [-0.05, 0) is 6.42 Å². The second kappa shape index (κ2) is 14.6. The molecule has 6 heteroatoms. The van der Waals surface area contributed by atoms with Crippen molar-refractivity contribution in [1.29, 1.82) is 0 Å². The van der Waals surface area contributed by atoms with E-state index in [0.29, 0.717) is 6.42 Å². The van der Waals surface area contributed by atoms with E-state index >= 15 is 0 Å². The minimum Gasteiger partial charge on any atom is -0.743 e. The molecule has 1 atom stereocenters. The molecular weight excluding hydrogens is 350 g/mol. The Hall–Kier alpha value is -0.460. The molecule has 156 valence electrons. The maximum atomic E-state index is 12.0. The van der Waals surface area contributed by atoms with Crippen LogP contribution in [-0.2, 0) is 14.9 Å². The van der Waals surface area contributed by atoms with Crippen molar-refractivity contribution in [3.05, 3.63) is 0 Å². The molecule has 0 aromatic carbocycles. The first-order valence-corrected chi connectivity index (χ1v) is 12.0. The number of carbonyl (C=O) groups excluding carboxylic acids is 1. The third kappa shape index (κ3) is 10.6. The topological polar surface area (TPSA) is 102 Å². The van der Waals surface area contributed by atoms with Gasteiger partial charge in [0, 0.05) is 12.8 Å². The van der Waals surface area contributed by atoms with E-state index in [1.165, 1.54) is 71.1 Å². The average Bonchev–Trinajstić information content (AvgIpc) is 2.60. The predicted molar refractivity (Wildman–Crippen MR) is 106 cm³/mol. The van der Waals surface area contributed by atoms with Gasteiger partial charge >= 0.3 is 0 Å². The lowest BCUT2D eigenvalue weighted by Gasteiger charge is -2.25. The van der Waals surface area contributed by atoms with E-state index in [1.54, 1.807) is 0 Å². The van der Waals surface area contributed by atoms with E-state index in [9.17, 15) is 17.8 Å². The average molecular weight is 392 g/mol. The third-order valence-corrected chi connectivity index (χ3v) is 6.79. The van der Waals surface area contributed by atoms with Gasteiger partial charge in [0.05, 0.1) is 0 Å². The zero-order chi connectivity index (χ0) is 19.9. The molecular formula is C20H41NO4S. The molecule has 0 spiro atoms. The summed E-state index contributed by atoms with van der Waals surface area (Å²) < 4.78 is 33.7. The summed E-state index contributed by atoms with van der Waals surface area (Å²) >= 11 is 0. The van der Waals surface area contributed by atoms with Gasteiger partial charge in [-0.1, -0.05) is 97.3 Å². The number of quaternary nitrogens is 1. The van der Waals surface area contributed by atoms with Crippen molar-refractivity contribution in [2.45, 2.75) is 121 Å². The predicted octanol–water partition coefficient (Wildman–Crippen LogP) is 4.32. The Balaban J connectivity index is 3.55. The lowest BCUT2D eigenvalue weighted by Crippen LogP contribution is -2.79. The van der Waals surface area contributed by atoms with Crippen LogP contribution in [0.25, 0.3) is 0 Å². The smallest absolute Gasteiger partial charge is 0.242 e. The zero-order valence-corrected chi connectivity index (χ0v) is 17.9. The largest absolute Gasteiger partial charge is 0.743 e. The van der Waals surface area contributed by atoms with Crippen LogP contribution in [-0.4, -0.2) is 23.6 Å². The van der Waals surface area contributed by atoms with E-state index < -0.39 is 20.8 Å². The highest BCUT2D eigenvalue weighted by atomic mass is 32.2. The van der Waals surface area contributed by atoms with Crippen LogP contribution < -0.4 is 5.73 Å². The first kappa shape index (κ1) is 25.5. The van der Waals surface area contributed by atoms with Gasteiger partial charge in [-0.25, -0.2) is 8.42 Å². The molecule has 0 heterocycles. The number of carbonyl (C=O) groups is 1. The van der Waals surface area contributed by atoms with Crippen molar-refractivity contribution < 1.29 is 23.5 Å². The van der Waals surface area contributed by atoms with Gasteiger partial charge in [0.2, 0.25) is 10.7 Å². The van der Waals surface area contributed by atoms with Crippen LogP contribution in [0.15, 0.2) is 0 Å². The maximum Gasteiger partial charge on any atom is 0.242 e. The first-order chi connectivity index (χ1) is 12.3. The summed E-state index contributed by atoms with van der Waals surface area (Å²) in [5, 5.41) is 0. The molecule has 0 aromatic rings. The van der Waals surface area contributed by atoms with Gasteiger partial charge in [0.25, 0.3) is 0 Å². The molecule has 0 radical (unpaired) electrons. The molecule has 0 aliphatic heterocycles. The lowest BCUT2D eigenvalue weighted by atomic mass is 10.0. The molecule has 0 fully saturated rings. The van der Waals surface area contributed by atoms with Gasteiger partial charge in [-0.15, -0.1) is 0 Å². The summed E-state index contributed by atoms with van der Waals surface area (Å²) in [4.78, 5) is 10.0. The Morgan fingerprint density at radius 1 is 0.769 bits per heavy atom. The highest BCUT2D eigenvalue weighted by Gasteiger charge is 2.42. The standard InChI is InChI=1S/C20H41NO4S/c1-3-5-6-7-8-9-10-11-12-13-14-15-16-17-18-19(22)20(21,4-2)26(23,24)25/h3-18,21H2,1-2H3,(H,23,24,25). The van der Waals surface area contributed by atoms with Gasteiger partial charge in [-0.2, -0.15) is 0 Å². The second-order valence-electron chi connectivity index (χ2n) is 7.57. The monoisotopic (exact) mass is 391 g/mol. The summed E-state index contributed by atoms with van der Waals surface area (Å²) in [6.45, 7) is 3.76. The van der Waals surface area contributed by atoms with Crippen LogP contribution in [0.4, 0.5) is 0 Å². The van der Waals surface area contributed by atoms with Crippen LogP contribution in [0.5, 0.6) is 0 Å². The highest BCUT2D eigenvalue weighted by molar-refractivity contribution is 7.87. The molecule has 0 saturated carbocycles. The third-order valence-electron chi connectivity index (χ3n) is 5.32. The van der Waals surface area contributed by atoms with Crippen LogP contribution in [0.2, 0.25) is 0 Å². The number of rotatable bonds is 18. The minimum absolute atomic E-state index is 0.0593. The molecule has 0 aromatic heterocycles. The fourth-order valence-corrected chi connectivity index (χ4v) is 3.96. The Labute approximate surface area is 161 Å². The number of hydrogen-bond donors (Lipinski definition) is 1. The Bertz CT molecular complexity index is 464. The van der Waals surface area contributed by atoms with Crippen molar-refractivity contribution in [3.8, 4) is 0 Å². The highest BCUT2D eigenvalue weighted by Crippen LogP contribution is 2.18. The fourth-order valence-electron chi connectivity index (χ4n) is 3.22. The molecule has 3 N–H and O–H groups in total. The molecule has 0 rings (SSSR count). The van der Waals surface area contributed by atoms with Gasteiger partial charge in [-0.3, -0.25) is 4.79 Å². The van der Waals surface area contributed by atoms with Crippen molar-refractivity contribution in [3.63, 3.8) is 0 Å². The normalized spacial score (nSPS) is 14.3. The Morgan fingerprint density at radius 2 is 1.12 bits per heavy atom.